The molecule has 0 amide bonds. The van der Waals surface area contributed by atoms with Gasteiger partial charge in [0.25, 0.3) is 10.1 Å². The maximum absolute atomic E-state index is 15.1. The van der Waals surface area contributed by atoms with Gasteiger partial charge in [0.2, 0.25) is 11.6 Å². The summed E-state index contributed by atoms with van der Waals surface area (Å²) in [6, 6.07) is 4.39. The molecule has 4 bridgehead atoms. The second-order valence-corrected chi connectivity index (χ2v) is 20.3. The third kappa shape index (κ3) is 7.39. The summed E-state index contributed by atoms with van der Waals surface area (Å²) in [6.07, 6.45) is 17.6. The highest BCUT2D eigenvalue weighted by molar-refractivity contribution is 7.87. The summed E-state index contributed by atoms with van der Waals surface area (Å²) in [4.78, 5) is 11.7. The van der Waals surface area contributed by atoms with Crippen molar-refractivity contribution in [1.29, 1.82) is 0 Å². The number of carbonyl (C=O) groups excluding carboxylic acids is 1. The van der Waals surface area contributed by atoms with Gasteiger partial charge in [-0.2, -0.15) is 12.8 Å². The Kier molecular flexibility index (Phi) is 10.7. The van der Waals surface area contributed by atoms with Crippen LogP contribution in [0.5, 0.6) is 5.75 Å². The zero-order valence-corrected chi connectivity index (χ0v) is 32.6. The lowest BCUT2D eigenvalue weighted by atomic mass is 9.50. The molecule has 7 saturated carbocycles. The van der Waals surface area contributed by atoms with Gasteiger partial charge in [-0.25, -0.2) is 21.6 Å². The van der Waals surface area contributed by atoms with E-state index in [0.717, 1.165) is 88.2 Å². The lowest BCUT2D eigenvalue weighted by Crippen LogP contribution is -2.58. The summed E-state index contributed by atoms with van der Waals surface area (Å²) in [5, 5.41) is 0. The molecule has 0 spiro atoms. The first kappa shape index (κ1) is 39.3. The molecule has 8 nitrogen and oxygen atoms in total. The molecule has 2 atom stereocenters. The van der Waals surface area contributed by atoms with Crippen molar-refractivity contribution in [2.24, 2.45) is 23.7 Å². The van der Waals surface area contributed by atoms with Crippen molar-refractivity contribution in [2.75, 3.05) is 0 Å². The summed E-state index contributed by atoms with van der Waals surface area (Å²) in [5.41, 5.74) is 1.92. The predicted molar refractivity (Wildman–Crippen MR) is 192 cm³/mol. The van der Waals surface area contributed by atoms with Gasteiger partial charge in [0, 0.05) is 0 Å². The molecule has 0 aromatic heterocycles. The van der Waals surface area contributed by atoms with Crippen LogP contribution >= 0.6 is 0 Å². The smallest absolute Gasteiger partial charge is 0.315 e. The van der Waals surface area contributed by atoms with E-state index in [9.17, 15) is 30.9 Å². The normalized spacial score (nSPS) is 29.5. The van der Waals surface area contributed by atoms with Crippen molar-refractivity contribution >= 4 is 26.2 Å². The van der Waals surface area contributed by atoms with Crippen LogP contribution in [0.25, 0.3) is 0 Å². The molecule has 2 unspecified atom stereocenters. The fraction of sp³-hybridized carbons (Fsp3) is 0.683. The molecule has 9 rings (SSSR count). The first-order chi connectivity index (χ1) is 26.2. The molecule has 0 saturated heterocycles. The molecule has 7 fully saturated rings. The summed E-state index contributed by atoms with van der Waals surface area (Å²) in [6.45, 7) is 0. The van der Waals surface area contributed by atoms with Crippen LogP contribution in [0.3, 0.4) is 0 Å². The van der Waals surface area contributed by atoms with E-state index in [1.165, 1.54) is 24.8 Å². The van der Waals surface area contributed by atoms with Crippen LogP contribution in [0.2, 0.25) is 0 Å². The Morgan fingerprint density at radius 2 is 1.13 bits per heavy atom. The molecule has 302 valence electrons. The Bertz CT molecular complexity index is 2000. The Balaban J connectivity index is 1.12. The van der Waals surface area contributed by atoms with Gasteiger partial charge < -0.3 is 9.29 Å². The Labute approximate surface area is 321 Å². The second-order valence-electron chi connectivity index (χ2n) is 17.5. The molecule has 7 aliphatic rings. The maximum Gasteiger partial charge on any atom is 0.315 e. The van der Waals surface area contributed by atoms with Gasteiger partial charge in [0.15, 0.2) is 17.5 Å². The Morgan fingerprint density at radius 1 is 0.636 bits per heavy atom. The van der Waals surface area contributed by atoms with Crippen molar-refractivity contribution in [1.82, 2.24) is 0 Å². The van der Waals surface area contributed by atoms with Crippen molar-refractivity contribution in [3.8, 4) is 5.75 Å². The average molecular weight is 810 g/mol. The van der Waals surface area contributed by atoms with Crippen LogP contribution in [-0.2, 0) is 29.2 Å². The first-order valence-electron chi connectivity index (χ1n) is 20.3. The van der Waals surface area contributed by atoms with Gasteiger partial charge in [0.1, 0.15) is 19.9 Å². The molecule has 0 aliphatic heterocycles. The zero-order chi connectivity index (χ0) is 38.9. The monoisotopic (exact) mass is 809 g/mol. The lowest BCUT2D eigenvalue weighted by Gasteiger charge is -2.58. The van der Waals surface area contributed by atoms with Gasteiger partial charge in [0.05, 0.1) is 11.5 Å². The van der Waals surface area contributed by atoms with E-state index < -0.39 is 83.5 Å². The molecule has 2 aromatic carbocycles. The van der Waals surface area contributed by atoms with Crippen molar-refractivity contribution in [3.05, 3.63) is 52.1 Å². The third-order valence-electron chi connectivity index (χ3n) is 14.0. The van der Waals surface area contributed by atoms with Crippen LogP contribution in [0.4, 0.5) is 17.6 Å². The van der Waals surface area contributed by atoms with E-state index in [2.05, 4.69) is 12.1 Å². The largest absolute Gasteiger partial charge is 0.744 e. The van der Waals surface area contributed by atoms with Crippen LogP contribution in [0.15, 0.2) is 21.9 Å². The minimum absolute atomic E-state index is 0.00926. The van der Waals surface area contributed by atoms with Crippen molar-refractivity contribution in [2.45, 2.75) is 162 Å². The summed E-state index contributed by atoms with van der Waals surface area (Å²) in [5.74, 6) is -14.0. The highest BCUT2D eigenvalue weighted by atomic mass is 32.2. The summed E-state index contributed by atoms with van der Waals surface area (Å²) < 4.78 is 134. The predicted octanol–water partition coefficient (Wildman–Crippen LogP) is 9.80. The number of hydrogen-bond donors (Lipinski definition) is 0. The molecule has 7 aliphatic carbocycles. The SMILES string of the molecule is O=C(Oc1c(F)c(F)c(F)c(S(=O)(=O)[O-])c1F)C1C2CC3CC1CC(OS(=O)(=O)c1c(C4CCCCC4)cc(C4CCCCC4)cc1C1CCCCC1)(C3)C2. The van der Waals surface area contributed by atoms with E-state index in [1.54, 1.807) is 0 Å². The minimum Gasteiger partial charge on any atom is -0.744 e. The second kappa shape index (κ2) is 15.0. The number of benzene rings is 2. The zero-order valence-electron chi connectivity index (χ0n) is 30.9. The van der Waals surface area contributed by atoms with Crippen molar-refractivity contribution < 1.29 is 52.7 Å². The van der Waals surface area contributed by atoms with Gasteiger partial charge in [-0.3, -0.25) is 8.98 Å². The average Bonchev–Trinajstić information content (AvgIpc) is 3.15. The van der Waals surface area contributed by atoms with Crippen molar-refractivity contribution in [3.63, 3.8) is 0 Å². The fourth-order valence-corrected chi connectivity index (χ4v) is 14.3. The molecule has 0 N–H and O–H groups in total. The van der Waals surface area contributed by atoms with E-state index >= 15 is 12.8 Å². The topological polar surface area (TPSA) is 127 Å². The fourth-order valence-electron chi connectivity index (χ4n) is 11.9. The number of ether oxygens (including phenoxy) is 1. The highest BCUT2D eigenvalue weighted by Gasteiger charge is 2.60. The third-order valence-corrected chi connectivity index (χ3v) is 16.4. The van der Waals surface area contributed by atoms with Crippen LogP contribution in [0.1, 0.15) is 163 Å². The molecule has 2 aromatic rings. The molecule has 0 radical (unpaired) electrons. The standard InChI is InChI=1S/C41H50F4O8S2/c42-33-34(43)37(36(45)39(35(33)44)54(47,48)49)52-40(46)32-28-16-23-17-29(32)22-41(20-23,21-28)53-55(50,51)38-30(25-12-6-2-7-13-25)18-27(24-10-4-1-5-11-24)19-31(38)26-14-8-3-9-15-26/h18-19,23-26,28-29,32H,1-17,20-22H2,(H,47,48,49)/p-1. The molecule has 55 heavy (non-hydrogen) atoms. The molecular formula is C41H49F4O8S2-. The lowest BCUT2D eigenvalue weighted by molar-refractivity contribution is -0.168. The summed E-state index contributed by atoms with van der Waals surface area (Å²) in [7, 11) is -10.3. The number of halogens is 4. The van der Waals surface area contributed by atoms with Gasteiger partial charge >= 0.3 is 5.97 Å². The van der Waals surface area contributed by atoms with E-state index in [-0.39, 0.29) is 30.6 Å². The van der Waals surface area contributed by atoms with Gasteiger partial charge in [-0.05, 0) is 123 Å². The molecule has 14 heteroatoms. The number of hydrogen-bond acceptors (Lipinski definition) is 8. The molecule has 0 heterocycles. The minimum atomic E-state index is -5.95. The maximum atomic E-state index is 15.1. The first-order valence-corrected chi connectivity index (χ1v) is 23.1. The molecular weight excluding hydrogens is 761 g/mol. The Hall–Kier alpha value is -2.55. The number of esters is 1. The van der Waals surface area contributed by atoms with Crippen LogP contribution < -0.4 is 4.74 Å². The van der Waals surface area contributed by atoms with Gasteiger partial charge in [-0.15, -0.1) is 0 Å². The van der Waals surface area contributed by atoms with E-state index in [4.69, 9.17) is 8.92 Å². The number of rotatable bonds is 9. The van der Waals surface area contributed by atoms with Crippen LogP contribution in [-0.4, -0.2) is 33.0 Å². The quantitative estimate of drug-likeness (QED) is 0.0466. The summed E-state index contributed by atoms with van der Waals surface area (Å²) >= 11 is 0. The Morgan fingerprint density at radius 3 is 1.62 bits per heavy atom. The highest BCUT2D eigenvalue weighted by Crippen LogP contribution is 2.61. The van der Waals surface area contributed by atoms with Gasteiger partial charge in [-0.1, -0.05) is 69.9 Å². The van der Waals surface area contributed by atoms with E-state index in [1.807, 2.05) is 0 Å². The van der Waals surface area contributed by atoms with E-state index in [0.29, 0.717) is 30.1 Å². The number of carbonyl (C=O) groups is 1. The van der Waals surface area contributed by atoms with Crippen LogP contribution in [0, 0.1) is 46.9 Å².